The molecule has 1 fully saturated rings. The molecule has 38 heavy (non-hydrogen) atoms. The summed E-state index contributed by atoms with van der Waals surface area (Å²) in [4.78, 5) is 30.8. The number of benzene rings is 1. The van der Waals surface area contributed by atoms with Crippen LogP contribution in [0.3, 0.4) is 0 Å². The lowest BCUT2D eigenvalue weighted by Gasteiger charge is -2.27. The minimum Gasteiger partial charge on any atom is -0.383 e. The van der Waals surface area contributed by atoms with Gasteiger partial charge in [-0.2, -0.15) is 5.10 Å². The number of hydrogen-bond donors (Lipinski definition) is 2. The second kappa shape index (κ2) is 10.6. The van der Waals surface area contributed by atoms with E-state index < -0.39 is 16.9 Å². The Balaban J connectivity index is 1.83. The molecule has 1 aliphatic rings. The van der Waals surface area contributed by atoms with Gasteiger partial charge >= 0.3 is 0 Å². The third kappa shape index (κ3) is 4.57. The maximum atomic E-state index is 15.3. The van der Waals surface area contributed by atoms with E-state index in [4.69, 9.17) is 22.1 Å². The van der Waals surface area contributed by atoms with Gasteiger partial charge in [-0.1, -0.05) is 24.1 Å². The number of nitrogens with zero attached hydrogens (tertiary/aromatic N) is 5. The molecule has 0 unspecified atom stereocenters. The molecule has 10 nitrogen and oxygen atoms in total. The normalized spacial score (nSPS) is 18.9. The van der Waals surface area contributed by atoms with Gasteiger partial charge in [-0.25, -0.2) is 14.1 Å². The summed E-state index contributed by atoms with van der Waals surface area (Å²) in [6.45, 7) is 6.56. The molecular weight excluding hydrogens is 529 g/mol. The zero-order valence-electron chi connectivity index (χ0n) is 21.1. The summed E-state index contributed by atoms with van der Waals surface area (Å²) in [5.74, 6) is 4.04. The number of amides is 2. The van der Waals surface area contributed by atoms with E-state index in [0.29, 0.717) is 18.5 Å². The van der Waals surface area contributed by atoms with Crippen LogP contribution in [-0.2, 0) is 21.2 Å². The van der Waals surface area contributed by atoms with Crippen molar-refractivity contribution in [3.05, 3.63) is 52.7 Å². The first kappa shape index (κ1) is 27.4. The van der Waals surface area contributed by atoms with E-state index in [2.05, 4.69) is 44.1 Å². The molecule has 1 aliphatic heterocycles. The predicted molar refractivity (Wildman–Crippen MR) is 143 cm³/mol. The smallest absolute Gasteiger partial charge is 0.255 e. The van der Waals surface area contributed by atoms with Crippen LogP contribution in [0.15, 0.2) is 25.0 Å². The molecule has 3 N–H and O–H groups in total. The summed E-state index contributed by atoms with van der Waals surface area (Å²) in [6, 6.07) is 1.31. The summed E-state index contributed by atoms with van der Waals surface area (Å²) < 4.78 is 23.9. The number of primary amides is 1. The number of aromatic nitrogens is 4. The van der Waals surface area contributed by atoms with Crippen molar-refractivity contribution in [3.8, 4) is 11.8 Å². The summed E-state index contributed by atoms with van der Waals surface area (Å²) in [6.07, 6.45) is 3.16. The fourth-order valence-electron chi connectivity index (χ4n) is 4.74. The van der Waals surface area contributed by atoms with E-state index in [1.807, 2.05) is 6.92 Å². The molecule has 0 aliphatic carbocycles. The minimum atomic E-state index is -0.931. The van der Waals surface area contributed by atoms with Gasteiger partial charge in [0.05, 0.1) is 50.5 Å². The lowest BCUT2D eigenvalue weighted by atomic mass is 10.1. The number of anilines is 1. The van der Waals surface area contributed by atoms with Gasteiger partial charge in [0.25, 0.3) is 5.91 Å². The van der Waals surface area contributed by atoms with Crippen LogP contribution < -0.4 is 11.1 Å². The minimum absolute atomic E-state index is 0.0160. The molecule has 1 saturated heterocycles. The van der Waals surface area contributed by atoms with Crippen molar-refractivity contribution < 1.29 is 18.7 Å². The molecule has 2 amide bonds. The lowest BCUT2D eigenvalue weighted by molar-refractivity contribution is -0.127. The van der Waals surface area contributed by atoms with Crippen molar-refractivity contribution in [2.45, 2.75) is 31.1 Å². The van der Waals surface area contributed by atoms with Gasteiger partial charge < -0.3 is 25.3 Å². The number of nitrogens with two attached hydrogens (primary N) is 1. The van der Waals surface area contributed by atoms with Gasteiger partial charge in [0.2, 0.25) is 5.91 Å². The first-order chi connectivity index (χ1) is 18.1. The second-order valence-corrected chi connectivity index (χ2v) is 10.1. The van der Waals surface area contributed by atoms with Crippen LogP contribution in [0.1, 0.15) is 35.0 Å². The fraction of sp³-hybridized carbons (Fsp3) is 0.360. The van der Waals surface area contributed by atoms with Crippen LogP contribution in [-0.4, -0.2) is 79.6 Å². The van der Waals surface area contributed by atoms with Crippen LogP contribution in [0.25, 0.3) is 11.0 Å². The lowest BCUT2D eigenvalue weighted by Crippen LogP contribution is -2.41. The number of rotatable bonds is 7. The summed E-state index contributed by atoms with van der Waals surface area (Å²) in [5.41, 5.74) is 6.36. The zero-order chi connectivity index (χ0) is 27.8. The Labute approximate surface area is 227 Å². The number of halogens is 2. The number of methoxy groups -OCH3 is 1. The number of carbonyl (C=O) groups excluding carboxylic acids is 2. The molecule has 2 atom stereocenters. The number of aryl methyl sites for hydroxylation is 1. The highest BCUT2D eigenvalue weighted by Gasteiger charge is 2.46. The van der Waals surface area contributed by atoms with E-state index in [0.717, 1.165) is 0 Å². The third-order valence-electron chi connectivity index (χ3n) is 6.49. The van der Waals surface area contributed by atoms with Gasteiger partial charge in [0.1, 0.15) is 16.9 Å². The van der Waals surface area contributed by atoms with Crippen LogP contribution in [0.5, 0.6) is 0 Å². The number of hydrogen-bond acceptors (Lipinski definition) is 6. The summed E-state index contributed by atoms with van der Waals surface area (Å²) in [7, 11) is 6.95. The fourth-order valence-corrected chi connectivity index (χ4v) is 5.54. The van der Waals surface area contributed by atoms with E-state index in [9.17, 15) is 9.59 Å². The largest absolute Gasteiger partial charge is 0.383 e. The third-order valence-corrected chi connectivity index (χ3v) is 7.36. The van der Waals surface area contributed by atoms with Crippen molar-refractivity contribution in [1.29, 1.82) is 0 Å². The molecule has 3 heterocycles. The Morgan fingerprint density at radius 3 is 2.82 bits per heavy atom. The highest BCUT2D eigenvalue weighted by atomic mass is 35.5. The van der Waals surface area contributed by atoms with Crippen LogP contribution in [0.4, 0.5) is 10.2 Å². The number of fused-ring (bicyclic) bond motifs is 1. The number of ether oxygens (including phenoxy) is 1. The van der Waals surface area contributed by atoms with E-state index in [1.54, 1.807) is 29.7 Å². The number of likely N-dealkylation sites (tertiary alicyclic amines) is 1. The predicted octanol–water partition coefficient (Wildman–Crippen LogP) is 1.84. The molecule has 3 radical (unpaired) electrons. The number of imidazole rings is 1. The topological polar surface area (TPSA) is 120 Å². The monoisotopic (exact) mass is 554 g/mol. The molecule has 1 aromatic carbocycles. The summed E-state index contributed by atoms with van der Waals surface area (Å²) >= 11 is 6.38. The maximum Gasteiger partial charge on any atom is 0.255 e. The van der Waals surface area contributed by atoms with Crippen molar-refractivity contribution in [2.24, 2.45) is 5.73 Å². The average molecular weight is 555 g/mol. The summed E-state index contributed by atoms with van der Waals surface area (Å²) in [5, 5.41) is 6.69. The second-order valence-electron chi connectivity index (χ2n) is 8.81. The first-order valence-electron chi connectivity index (χ1n) is 11.7. The molecule has 0 bridgehead atoms. The Morgan fingerprint density at radius 2 is 2.21 bits per heavy atom. The molecular formula is C25H26ClFN7O3Si. The molecule has 13 heteroatoms. The molecule has 3 aromatic rings. The van der Waals surface area contributed by atoms with Gasteiger partial charge in [-0.15, -0.1) is 0 Å². The van der Waals surface area contributed by atoms with Crippen LogP contribution in [0.2, 0.25) is 5.02 Å². The SMILES string of the molecule is C=CC(=O)N1C[C@@]([Si])(n2nc(C#Cc3c(Cl)cc4c(ncn4CC)c3F)c(C(N)=O)c2NC)C[C@@H]1COC. The van der Waals surface area contributed by atoms with Crippen molar-refractivity contribution in [1.82, 2.24) is 24.2 Å². The van der Waals surface area contributed by atoms with Crippen molar-refractivity contribution in [2.75, 3.05) is 32.6 Å². The van der Waals surface area contributed by atoms with Gasteiger partial charge in [0.15, 0.2) is 11.5 Å². The average Bonchev–Trinajstić information content (AvgIpc) is 3.57. The molecule has 2 aromatic heterocycles. The van der Waals surface area contributed by atoms with Gasteiger partial charge in [-0.05, 0) is 31.4 Å². The van der Waals surface area contributed by atoms with Crippen molar-refractivity contribution >= 4 is 50.5 Å². The Bertz CT molecular complexity index is 1510. The van der Waals surface area contributed by atoms with E-state index in [-0.39, 0.29) is 58.3 Å². The maximum absolute atomic E-state index is 15.3. The molecule has 0 saturated carbocycles. The molecule has 197 valence electrons. The van der Waals surface area contributed by atoms with E-state index >= 15 is 4.39 Å². The Hall–Kier alpha value is -3.66. The highest BCUT2D eigenvalue weighted by molar-refractivity contribution is 6.32. The van der Waals surface area contributed by atoms with Crippen LogP contribution in [0, 0.1) is 17.7 Å². The van der Waals surface area contributed by atoms with Gasteiger partial charge in [0, 0.05) is 27.2 Å². The number of nitrogens with one attached hydrogen (secondary N) is 1. The highest BCUT2D eigenvalue weighted by Crippen LogP contribution is 2.35. The zero-order valence-corrected chi connectivity index (χ0v) is 22.9. The molecule has 0 spiro atoms. The number of carbonyl (C=O) groups is 2. The Kier molecular flexibility index (Phi) is 7.64. The molecule has 4 rings (SSSR count). The van der Waals surface area contributed by atoms with Gasteiger partial charge in [-0.3, -0.25) is 9.59 Å². The van der Waals surface area contributed by atoms with Crippen molar-refractivity contribution in [3.63, 3.8) is 0 Å². The first-order valence-corrected chi connectivity index (χ1v) is 12.6. The Morgan fingerprint density at radius 1 is 1.47 bits per heavy atom. The standard InChI is InChI=1S/C25H26ClFN7O3Si/c1-5-19(35)33-12-25(38,10-14(33)11-37-4)34-24(29-3)20(23(28)36)17(31-34)8-7-15-16(26)9-18-22(21(15)27)30-13-32(18)6-2/h5,9,13-14,29H,1,6,10-12H2,2-4H3,(H2,28,36)/t14-,25-/m1/s1. The van der Waals surface area contributed by atoms with Crippen LogP contribution >= 0.6 is 11.6 Å². The quantitative estimate of drug-likeness (QED) is 0.261. The van der Waals surface area contributed by atoms with E-state index in [1.165, 1.54) is 17.1 Å².